The molecule has 1 aliphatic rings. The van der Waals surface area contributed by atoms with Crippen molar-refractivity contribution in [2.75, 3.05) is 6.61 Å². The van der Waals surface area contributed by atoms with Crippen molar-refractivity contribution in [1.82, 2.24) is 4.73 Å². The molecule has 0 amide bonds. The van der Waals surface area contributed by atoms with Crippen LogP contribution in [-0.4, -0.2) is 16.5 Å². The summed E-state index contributed by atoms with van der Waals surface area (Å²) in [5.41, 5.74) is 6.40. The first kappa shape index (κ1) is 16.5. The number of hydrogen-bond donors (Lipinski definition) is 2. The van der Waals surface area contributed by atoms with Gasteiger partial charge in [-0.2, -0.15) is 9.99 Å². The zero-order valence-electron chi connectivity index (χ0n) is 13.8. The number of aromatic nitrogens is 1. The average molecular weight is 339 g/mol. The Kier molecular flexibility index (Phi) is 4.11. The van der Waals surface area contributed by atoms with Crippen LogP contribution in [0.1, 0.15) is 29.7 Å². The van der Waals surface area contributed by atoms with E-state index in [4.69, 9.17) is 15.2 Å². The van der Waals surface area contributed by atoms with Crippen molar-refractivity contribution in [2.45, 2.75) is 19.8 Å². The van der Waals surface area contributed by atoms with Crippen molar-refractivity contribution >= 4 is 0 Å². The van der Waals surface area contributed by atoms with E-state index in [1.54, 1.807) is 31.2 Å². The van der Waals surface area contributed by atoms with Crippen LogP contribution in [0.5, 0.6) is 11.5 Å². The van der Waals surface area contributed by atoms with Gasteiger partial charge in [-0.25, -0.2) is 0 Å². The third-order valence-corrected chi connectivity index (χ3v) is 4.08. The van der Waals surface area contributed by atoms with E-state index in [1.165, 1.54) is 6.07 Å². The number of rotatable bonds is 3. The van der Waals surface area contributed by atoms with Gasteiger partial charge < -0.3 is 20.4 Å². The Morgan fingerprint density at radius 1 is 1.44 bits per heavy atom. The molecule has 0 radical (unpaired) electrons. The van der Waals surface area contributed by atoms with Gasteiger partial charge in [-0.15, -0.1) is 0 Å². The fourth-order valence-electron chi connectivity index (χ4n) is 2.96. The zero-order chi connectivity index (χ0) is 18.1. The van der Waals surface area contributed by atoms with Gasteiger partial charge in [0.2, 0.25) is 5.88 Å². The molecule has 0 saturated heterocycles. The first-order valence-corrected chi connectivity index (χ1v) is 7.74. The van der Waals surface area contributed by atoms with E-state index in [1.807, 2.05) is 13.0 Å². The van der Waals surface area contributed by atoms with Gasteiger partial charge in [-0.3, -0.25) is 4.79 Å². The molecule has 0 fully saturated rings. The smallest absolute Gasteiger partial charge is 0.291 e. The molecule has 1 aliphatic heterocycles. The molecule has 25 heavy (non-hydrogen) atoms. The Hall–Kier alpha value is -3.40. The summed E-state index contributed by atoms with van der Waals surface area (Å²) in [4.78, 5) is 12.7. The molecular formula is C18H17N3O4. The van der Waals surface area contributed by atoms with Gasteiger partial charge in [0.05, 0.1) is 23.8 Å². The minimum Gasteiger partial charge on any atom is -0.494 e. The lowest BCUT2D eigenvalue weighted by Crippen LogP contribution is -2.32. The molecule has 7 heteroatoms. The number of nitrogens with two attached hydrogens (primary N) is 1. The predicted molar refractivity (Wildman–Crippen MR) is 89.5 cm³/mol. The summed E-state index contributed by atoms with van der Waals surface area (Å²) in [6.45, 7) is 3.83. The van der Waals surface area contributed by atoms with Crippen molar-refractivity contribution < 1.29 is 14.7 Å². The van der Waals surface area contributed by atoms with E-state index < -0.39 is 11.5 Å². The molecule has 2 aromatic rings. The van der Waals surface area contributed by atoms with E-state index in [0.717, 1.165) is 0 Å². The summed E-state index contributed by atoms with van der Waals surface area (Å²) in [6, 6.07) is 10.6. The summed E-state index contributed by atoms with van der Waals surface area (Å²) in [7, 11) is 0. The quantitative estimate of drug-likeness (QED) is 0.828. The van der Waals surface area contributed by atoms with E-state index in [9.17, 15) is 15.3 Å². The van der Waals surface area contributed by atoms with Crippen LogP contribution in [0, 0.1) is 18.3 Å². The van der Waals surface area contributed by atoms with Crippen molar-refractivity contribution in [3.8, 4) is 17.6 Å². The lowest BCUT2D eigenvalue weighted by atomic mass is 9.83. The number of nitriles is 1. The van der Waals surface area contributed by atoms with E-state index in [-0.39, 0.29) is 22.8 Å². The van der Waals surface area contributed by atoms with Crippen LogP contribution in [0.25, 0.3) is 0 Å². The second kappa shape index (κ2) is 6.24. The van der Waals surface area contributed by atoms with Gasteiger partial charge in [-0.1, -0.05) is 18.2 Å². The lowest BCUT2D eigenvalue weighted by molar-refractivity contribution is 0.165. The van der Waals surface area contributed by atoms with Crippen molar-refractivity contribution in [3.05, 3.63) is 69.0 Å². The third-order valence-electron chi connectivity index (χ3n) is 4.08. The van der Waals surface area contributed by atoms with Crippen molar-refractivity contribution in [2.24, 2.45) is 5.73 Å². The summed E-state index contributed by atoms with van der Waals surface area (Å²) >= 11 is 0. The molecular weight excluding hydrogens is 322 g/mol. The highest BCUT2D eigenvalue weighted by atomic mass is 16.5. The van der Waals surface area contributed by atoms with Crippen LogP contribution in [-0.2, 0) is 0 Å². The van der Waals surface area contributed by atoms with Crippen LogP contribution < -0.4 is 20.8 Å². The molecule has 1 aromatic carbocycles. The maximum absolute atomic E-state index is 12.7. The molecule has 3 rings (SSSR count). The molecule has 1 unspecified atom stereocenters. The highest BCUT2D eigenvalue weighted by molar-refractivity contribution is 5.57. The van der Waals surface area contributed by atoms with Crippen LogP contribution in [0.4, 0.5) is 0 Å². The van der Waals surface area contributed by atoms with Gasteiger partial charge in [0, 0.05) is 11.6 Å². The highest BCUT2D eigenvalue weighted by Gasteiger charge is 2.36. The Morgan fingerprint density at radius 2 is 2.16 bits per heavy atom. The minimum atomic E-state index is -0.789. The van der Waals surface area contributed by atoms with Crippen LogP contribution in [0.15, 0.2) is 46.6 Å². The second-order valence-electron chi connectivity index (χ2n) is 5.58. The van der Waals surface area contributed by atoms with Crippen LogP contribution >= 0.6 is 0 Å². The number of benzene rings is 1. The standard InChI is InChI=1S/C18H17N3O4/c1-3-24-13-7-5-4-6-11(13)15-12(9-19)17(20)25-14-8-10(2)21(23)18(22)16(14)15/h4-8,15,23H,3,20H2,1-2H3. The maximum Gasteiger partial charge on any atom is 0.291 e. The monoisotopic (exact) mass is 339 g/mol. The molecule has 1 aromatic heterocycles. The molecule has 128 valence electrons. The zero-order valence-corrected chi connectivity index (χ0v) is 13.8. The van der Waals surface area contributed by atoms with Crippen LogP contribution in [0.3, 0.4) is 0 Å². The molecule has 7 nitrogen and oxygen atoms in total. The molecule has 0 spiro atoms. The summed E-state index contributed by atoms with van der Waals surface area (Å²) in [5, 5.41) is 19.6. The van der Waals surface area contributed by atoms with E-state index in [0.29, 0.717) is 28.3 Å². The first-order valence-electron chi connectivity index (χ1n) is 7.74. The number of aryl methyl sites for hydroxylation is 1. The number of fused-ring (bicyclic) bond motifs is 1. The molecule has 0 aliphatic carbocycles. The van der Waals surface area contributed by atoms with Gasteiger partial charge >= 0.3 is 0 Å². The molecule has 2 heterocycles. The minimum absolute atomic E-state index is 0.0687. The normalized spacial score (nSPS) is 16.0. The predicted octanol–water partition coefficient (Wildman–Crippen LogP) is 2.01. The SMILES string of the molecule is CCOc1ccccc1C1C(C#N)=C(N)Oc2cc(C)n(O)c(=O)c21. The summed E-state index contributed by atoms with van der Waals surface area (Å²) in [5.74, 6) is -0.0998. The Bertz CT molecular complexity index is 969. The average Bonchev–Trinajstić information content (AvgIpc) is 2.59. The van der Waals surface area contributed by atoms with Crippen molar-refractivity contribution in [3.63, 3.8) is 0 Å². The van der Waals surface area contributed by atoms with Gasteiger partial charge in [-0.05, 0) is 19.9 Å². The fourth-order valence-corrected chi connectivity index (χ4v) is 2.96. The third kappa shape index (κ3) is 2.58. The number of para-hydroxylation sites is 1. The molecule has 3 N–H and O–H groups in total. The number of hydrogen-bond acceptors (Lipinski definition) is 6. The summed E-state index contributed by atoms with van der Waals surface area (Å²) in [6.07, 6.45) is 0. The van der Waals surface area contributed by atoms with E-state index >= 15 is 0 Å². The molecule has 0 saturated carbocycles. The Morgan fingerprint density at radius 3 is 2.84 bits per heavy atom. The first-order chi connectivity index (χ1) is 12.0. The number of allylic oxidation sites excluding steroid dienone is 1. The van der Waals surface area contributed by atoms with Gasteiger partial charge in [0.1, 0.15) is 23.1 Å². The van der Waals surface area contributed by atoms with Crippen molar-refractivity contribution in [1.29, 1.82) is 5.26 Å². The molecule has 1 atom stereocenters. The molecule has 0 bridgehead atoms. The Labute approximate surface area is 144 Å². The number of pyridine rings is 1. The summed E-state index contributed by atoms with van der Waals surface area (Å²) < 4.78 is 11.7. The lowest BCUT2D eigenvalue weighted by Gasteiger charge is -2.27. The maximum atomic E-state index is 12.7. The van der Waals surface area contributed by atoms with Gasteiger partial charge in [0.15, 0.2) is 0 Å². The Balaban J connectivity index is 2.35. The topological polar surface area (TPSA) is 110 Å². The number of nitrogens with zero attached hydrogens (tertiary/aromatic N) is 2. The highest BCUT2D eigenvalue weighted by Crippen LogP contribution is 2.43. The fraction of sp³-hybridized carbons (Fsp3) is 0.222. The second-order valence-corrected chi connectivity index (χ2v) is 5.58. The largest absolute Gasteiger partial charge is 0.494 e. The van der Waals surface area contributed by atoms with E-state index in [2.05, 4.69) is 0 Å². The van der Waals surface area contributed by atoms with Gasteiger partial charge in [0.25, 0.3) is 5.56 Å². The van der Waals surface area contributed by atoms with Crippen LogP contribution in [0.2, 0.25) is 0 Å². The number of ether oxygens (including phenoxy) is 2.